The molecule has 1 heterocycles. The van der Waals surface area contributed by atoms with Crippen LogP contribution >= 0.6 is 0 Å². The van der Waals surface area contributed by atoms with Gasteiger partial charge in [0.05, 0.1) is 11.8 Å². The van der Waals surface area contributed by atoms with Crippen LogP contribution in [0.15, 0.2) is 63.9 Å². The Kier molecular flexibility index (Phi) is 3.59. The summed E-state index contributed by atoms with van der Waals surface area (Å²) in [7, 11) is 0. The monoisotopic (exact) mass is 269 g/mol. The SMILES string of the molecule is CC1=C(C2=C(O)C=NC(C)(C)C=C2)C=CC(C)(C)C=C1. The van der Waals surface area contributed by atoms with Crippen LogP contribution in [0.2, 0.25) is 0 Å². The molecule has 2 aliphatic rings. The van der Waals surface area contributed by atoms with Crippen molar-refractivity contribution < 1.29 is 5.11 Å². The number of aliphatic hydroxyl groups excluding tert-OH is 1. The highest BCUT2D eigenvalue weighted by molar-refractivity contribution is 5.81. The molecule has 0 atom stereocenters. The van der Waals surface area contributed by atoms with Crippen LogP contribution in [0.3, 0.4) is 0 Å². The molecule has 0 aromatic heterocycles. The van der Waals surface area contributed by atoms with Gasteiger partial charge in [0, 0.05) is 11.0 Å². The average molecular weight is 269 g/mol. The van der Waals surface area contributed by atoms with Crippen molar-refractivity contribution in [3.05, 3.63) is 58.9 Å². The number of hydrogen-bond donors (Lipinski definition) is 1. The number of nitrogens with zero attached hydrogens (tertiary/aromatic N) is 1. The summed E-state index contributed by atoms with van der Waals surface area (Å²) in [5.41, 5.74) is 2.76. The summed E-state index contributed by atoms with van der Waals surface area (Å²) in [6.45, 7) is 10.4. The first-order valence-corrected chi connectivity index (χ1v) is 6.98. The molecule has 1 aliphatic carbocycles. The van der Waals surface area contributed by atoms with E-state index in [0.717, 1.165) is 16.7 Å². The van der Waals surface area contributed by atoms with Crippen molar-refractivity contribution in [2.75, 3.05) is 0 Å². The van der Waals surface area contributed by atoms with Crippen LogP contribution < -0.4 is 0 Å². The summed E-state index contributed by atoms with van der Waals surface area (Å²) in [4.78, 5) is 4.37. The lowest BCUT2D eigenvalue weighted by molar-refractivity contribution is 0.442. The van der Waals surface area contributed by atoms with E-state index in [0.29, 0.717) is 0 Å². The Morgan fingerprint density at radius 2 is 1.50 bits per heavy atom. The summed E-state index contributed by atoms with van der Waals surface area (Å²) in [6.07, 6.45) is 14.1. The quantitative estimate of drug-likeness (QED) is 0.736. The van der Waals surface area contributed by atoms with E-state index in [4.69, 9.17) is 0 Å². The van der Waals surface area contributed by atoms with E-state index in [2.05, 4.69) is 50.1 Å². The van der Waals surface area contributed by atoms with Gasteiger partial charge in [-0.3, -0.25) is 4.99 Å². The van der Waals surface area contributed by atoms with Crippen molar-refractivity contribution in [2.45, 2.75) is 40.2 Å². The number of hydrogen-bond acceptors (Lipinski definition) is 2. The fraction of sp³-hybridized carbons (Fsp3) is 0.389. The number of allylic oxidation sites excluding steroid dienone is 9. The summed E-state index contributed by atoms with van der Waals surface area (Å²) in [6, 6.07) is 0. The Labute approximate surface area is 121 Å². The zero-order valence-electron chi connectivity index (χ0n) is 12.9. The predicted octanol–water partition coefficient (Wildman–Crippen LogP) is 4.69. The van der Waals surface area contributed by atoms with Crippen LogP contribution in [0.4, 0.5) is 0 Å². The summed E-state index contributed by atoms with van der Waals surface area (Å²) >= 11 is 0. The van der Waals surface area contributed by atoms with Gasteiger partial charge in [-0.2, -0.15) is 0 Å². The molecule has 0 aromatic rings. The molecule has 1 aliphatic heterocycles. The molecule has 0 fully saturated rings. The third-order valence-electron chi connectivity index (χ3n) is 3.61. The minimum absolute atomic E-state index is 0.0288. The molecule has 0 saturated carbocycles. The largest absolute Gasteiger partial charge is 0.506 e. The molecule has 0 amide bonds. The fourth-order valence-electron chi connectivity index (χ4n) is 2.16. The van der Waals surface area contributed by atoms with Gasteiger partial charge in [0.15, 0.2) is 0 Å². The van der Waals surface area contributed by atoms with E-state index < -0.39 is 0 Å². The lowest BCUT2D eigenvalue weighted by Gasteiger charge is -2.13. The second kappa shape index (κ2) is 4.93. The molecule has 106 valence electrons. The Bertz CT molecular complexity index is 539. The third-order valence-corrected chi connectivity index (χ3v) is 3.61. The molecule has 0 spiro atoms. The Balaban J connectivity index is 2.51. The highest BCUT2D eigenvalue weighted by Crippen LogP contribution is 2.31. The molecule has 2 heteroatoms. The van der Waals surface area contributed by atoms with Crippen molar-refractivity contribution in [3.63, 3.8) is 0 Å². The molecular formula is C18H23NO. The van der Waals surface area contributed by atoms with Crippen molar-refractivity contribution in [3.8, 4) is 0 Å². The van der Waals surface area contributed by atoms with Gasteiger partial charge in [-0.1, -0.05) is 50.3 Å². The maximum Gasteiger partial charge on any atom is 0.141 e. The Hall–Kier alpha value is -1.83. The highest BCUT2D eigenvalue weighted by atomic mass is 16.3. The van der Waals surface area contributed by atoms with Crippen LogP contribution in [-0.4, -0.2) is 16.9 Å². The summed E-state index contributed by atoms with van der Waals surface area (Å²) in [5, 5.41) is 10.3. The predicted molar refractivity (Wildman–Crippen MR) is 86.1 cm³/mol. The van der Waals surface area contributed by atoms with Gasteiger partial charge in [-0.05, 0) is 31.9 Å². The fourth-order valence-corrected chi connectivity index (χ4v) is 2.16. The molecule has 0 radical (unpaired) electrons. The second-order valence-electron chi connectivity index (χ2n) is 6.63. The van der Waals surface area contributed by atoms with Crippen LogP contribution in [0, 0.1) is 5.41 Å². The third kappa shape index (κ3) is 3.19. The van der Waals surface area contributed by atoms with Crippen molar-refractivity contribution >= 4 is 6.21 Å². The van der Waals surface area contributed by atoms with Crippen molar-refractivity contribution in [2.24, 2.45) is 10.4 Å². The Morgan fingerprint density at radius 3 is 2.20 bits per heavy atom. The zero-order chi connectivity index (χ0) is 15.0. The minimum Gasteiger partial charge on any atom is -0.506 e. The number of aliphatic hydroxyl groups is 1. The second-order valence-corrected chi connectivity index (χ2v) is 6.63. The zero-order valence-corrected chi connectivity index (χ0v) is 12.9. The molecule has 0 saturated heterocycles. The maximum absolute atomic E-state index is 10.3. The molecular weight excluding hydrogens is 246 g/mol. The number of aliphatic imine (C=N–C) groups is 1. The molecule has 0 bridgehead atoms. The maximum atomic E-state index is 10.3. The van der Waals surface area contributed by atoms with E-state index in [1.54, 1.807) is 6.21 Å². The van der Waals surface area contributed by atoms with Crippen molar-refractivity contribution in [1.29, 1.82) is 0 Å². The molecule has 2 rings (SSSR count). The Morgan fingerprint density at radius 1 is 0.900 bits per heavy atom. The van der Waals surface area contributed by atoms with Gasteiger partial charge in [0.25, 0.3) is 0 Å². The molecule has 0 aromatic carbocycles. The summed E-state index contributed by atoms with van der Waals surface area (Å²) < 4.78 is 0. The van der Waals surface area contributed by atoms with Gasteiger partial charge < -0.3 is 5.11 Å². The smallest absolute Gasteiger partial charge is 0.141 e. The molecule has 2 nitrogen and oxygen atoms in total. The van der Waals surface area contributed by atoms with Gasteiger partial charge in [-0.25, -0.2) is 0 Å². The van der Waals surface area contributed by atoms with E-state index >= 15 is 0 Å². The minimum atomic E-state index is -0.284. The van der Waals surface area contributed by atoms with Crippen molar-refractivity contribution in [1.82, 2.24) is 0 Å². The van der Waals surface area contributed by atoms with Crippen LogP contribution in [0.25, 0.3) is 0 Å². The lowest BCUT2D eigenvalue weighted by Crippen LogP contribution is -2.11. The first kappa shape index (κ1) is 14.6. The normalized spacial score (nSPS) is 24.1. The van der Waals surface area contributed by atoms with E-state index in [-0.39, 0.29) is 16.7 Å². The van der Waals surface area contributed by atoms with E-state index in [1.807, 2.05) is 26.0 Å². The summed E-state index contributed by atoms with van der Waals surface area (Å²) in [5.74, 6) is 0.221. The highest BCUT2D eigenvalue weighted by Gasteiger charge is 2.19. The first-order valence-electron chi connectivity index (χ1n) is 6.98. The topological polar surface area (TPSA) is 32.6 Å². The van der Waals surface area contributed by atoms with Crippen LogP contribution in [-0.2, 0) is 0 Å². The van der Waals surface area contributed by atoms with Gasteiger partial charge in [0.1, 0.15) is 5.76 Å². The first-order chi connectivity index (χ1) is 9.20. The molecule has 1 N–H and O–H groups in total. The number of rotatable bonds is 1. The standard InChI is InChI=1S/C18H23NO/c1-13-6-9-17(2,3)10-7-14(13)15-8-11-18(4,5)19-12-16(15)20/h6-12,20H,1-5H3. The average Bonchev–Trinajstić information content (AvgIpc) is 2.56. The van der Waals surface area contributed by atoms with Gasteiger partial charge >= 0.3 is 0 Å². The van der Waals surface area contributed by atoms with Crippen LogP contribution in [0.1, 0.15) is 34.6 Å². The van der Waals surface area contributed by atoms with E-state index in [1.165, 1.54) is 0 Å². The lowest BCUT2D eigenvalue weighted by atomic mass is 9.92. The molecule has 0 unspecified atom stereocenters. The molecule has 20 heavy (non-hydrogen) atoms. The van der Waals surface area contributed by atoms with Gasteiger partial charge in [0.2, 0.25) is 0 Å². The van der Waals surface area contributed by atoms with E-state index in [9.17, 15) is 5.11 Å². The van der Waals surface area contributed by atoms with Crippen LogP contribution in [0.5, 0.6) is 0 Å². The van der Waals surface area contributed by atoms with Gasteiger partial charge in [-0.15, -0.1) is 0 Å².